The van der Waals surface area contributed by atoms with Crippen LogP contribution in [-0.2, 0) is 25.5 Å². The van der Waals surface area contributed by atoms with Crippen LogP contribution in [0.5, 0.6) is 0 Å². The van der Waals surface area contributed by atoms with E-state index in [4.69, 9.17) is 4.74 Å². The Kier molecular flexibility index (Phi) is 5.34. The van der Waals surface area contributed by atoms with Crippen LogP contribution >= 0.6 is 0 Å². The van der Waals surface area contributed by atoms with E-state index in [0.29, 0.717) is 13.1 Å². The maximum atomic E-state index is 12.5. The largest absolute Gasteiger partial charge is 0.455 e. The average Bonchev–Trinajstić information content (AvgIpc) is 3.35. The lowest BCUT2D eigenvalue weighted by Crippen LogP contribution is -2.34. The molecule has 1 saturated heterocycles. The molecule has 2 aromatic carbocycles. The monoisotopic (exact) mass is 392 g/mol. The van der Waals surface area contributed by atoms with Gasteiger partial charge in [0.15, 0.2) is 6.61 Å². The number of esters is 1. The third kappa shape index (κ3) is 3.88. The Morgan fingerprint density at radius 3 is 2.62 bits per heavy atom. The van der Waals surface area contributed by atoms with E-state index < -0.39 is 11.9 Å². The number of benzene rings is 2. The molecular formula is C23H24N2O4. The van der Waals surface area contributed by atoms with Gasteiger partial charge < -0.3 is 14.5 Å². The van der Waals surface area contributed by atoms with Crippen LogP contribution in [0.15, 0.2) is 54.6 Å². The molecule has 2 heterocycles. The first-order chi connectivity index (χ1) is 14.0. The summed E-state index contributed by atoms with van der Waals surface area (Å²) in [5, 5.41) is 0. The van der Waals surface area contributed by atoms with Crippen LogP contribution in [0.1, 0.15) is 30.5 Å². The summed E-state index contributed by atoms with van der Waals surface area (Å²) in [6.07, 6.45) is 0.927. The fourth-order valence-corrected chi connectivity index (χ4v) is 4.10. The van der Waals surface area contributed by atoms with Gasteiger partial charge in [0.1, 0.15) is 0 Å². The number of hydrogen-bond acceptors (Lipinski definition) is 4. The van der Waals surface area contributed by atoms with Crippen LogP contribution in [0.25, 0.3) is 0 Å². The Morgan fingerprint density at radius 1 is 1.10 bits per heavy atom. The lowest BCUT2D eigenvalue weighted by molar-refractivity contribution is -0.151. The quantitative estimate of drug-likeness (QED) is 0.734. The number of carbonyl (C=O) groups excluding carboxylic acids is 3. The maximum Gasteiger partial charge on any atom is 0.311 e. The van der Waals surface area contributed by atoms with Crippen LogP contribution in [0.2, 0.25) is 0 Å². The van der Waals surface area contributed by atoms with Crippen LogP contribution in [0.3, 0.4) is 0 Å². The second-order valence-electron chi connectivity index (χ2n) is 7.57. The van der Waals surface area contributed by atoms with Gasteiger partial charge in [-0.3, -0.25) is 14.4 Å². The molecule has 1 fully saturated rings. The Morgan fingerprint density at radius 2 is 1.83 bits per heavy atom. The highest BCUT2D eigenvalue weighted by Crippen LogP contribution is 2.30. The van der Waals surface area contributed by atoms with Crippen molar-refractivity contribution in [2.24, 2.45) is 5.92 Å². The molecule has 2 aliphatic rings. The predicted molar refractivity (Wildman–Crippen MR) is 108 cm³/mol. The van der Waals surface area contributed by atoms with Gasteiger partial charge in [-0.2, -0.15) is 0 Å². The highest BCUT2D eigenvalue weighted by atomic mass is 16.5. The Balaban J connectivity index is 1.33. The molecule has 0 saturated carbocycles. The van der Waals surface area contributed by atoms with Crippen molar-refractivity contribution in [3.05, 3.63) is 65.7 Å². The van der Waals surface area contributed by atoms with E-state index in [1.54, 1.807) is 9.80 Å². The highest BCUT2D eigenvalue weighted by Gasteiger charge is 2.38. The molecule has 0 spiro atoms. The van der Waals surface area contributed by atoms with E-state index in [1.165, 1.54) is 0 Å². The molecule has 0 radical (unpaired) electrons. The number of fused-ring (bicyclic) bond motifs is 1. The zero-order valence-electron chi connectivity index (χ0n) is 16.4. The summed E-state index contributed by atoms with van der Waals surface area (Å²) in [5.74, 6) is -1.32. The zero-order valence-corrected chi connectivity index (χ0v) is 16.4. The molecule has 2 amide bonds. The van der Waals surface area contributed by atoms with Crippen LogP contribution in [0, 0.1) is 5.92 Å². The molecule has 0 N–H and O–H groups in total. The van der Waals surface area contributed by atoms with Gasteiger partial charge in [-0.05, 0) is 30.5 Å². The number of likely N-dealkylation sites (tertiary alicyclic amines) is 1. The lowest BCUT2D eigenvalue weighted by atomic mass is 10.1. The van der Waals surface area contributed by atoms with Crippen molar-refractivity contribution in [1.82, 2.24) is 4.90 Å². The Hall–Kier alpha value is -3.15. The number of hydrogen-bond donors (Lipinski definition) is 0. The SMILES string of the molecule is C[C@@H](c1ccccc1)N1C[C@H](C(=O)OCC(=O)N2CCc3ccccc32)CC1=O. The van der Waals surface area contributed by atoms with Gasteiger partial charge in [0.2, 0.25) is 5.91 Å². The minimum absolute atomic E-state index is 0.0666. The summed E-state index contributed by atoms with van der Waals surface area (Å²) in [6.45, 7) is 2.57. The first kappa shape index (κ1) is 19.2. The molecule has 0 bridgehead atoms. The van der Waals surface area contributed by atoms with E-state index >= 15 is 0 Å². The van der Waals surface area contributed by atoms with Crippen molar-refractivity contribution in [2.75, 3.05) is 24.6 Å². The van der Waals surface area contributed by atoms with Gasteiger partial charge in [-0.1, -0.05) is 48.5 Å². The minimum atomic E-state index is -0.535. The normalized spacial score (nSPS) is 19.2. The smallest absolute Gasteiger partial charge is 0.311 e. The number of ether oxygens (including phenoxy) is 1. The number of carbonyl (C=O) groups is 3. The number of anilines is 1. The van der Waals surface area contributed by atoms with E-state index in [0.717, 1.165) is 23.2 Å². The molecule has 2 aromatic rings. The Labute approximate surface area is 170 Å². The molecule has 4 rings (SSSR count). The molecule has 29 heavy (non-hydrogen) atoms. The topological polar surface area (TPSA) is 66.9 Å². The zero-order chi connectivity index (χ0) is 20.4. The summed E-state index contributed by atoms with van der Waals surface area (Å²) in [6, 6.07) is 17.4. The van der Waals surface area contributed by atoms with Gasteiger partial charge in [0, 0.05) is 25.2 Å². The Bertz CT molecular complexity index is 927. The van der Waals surface area contributed by atoms with Gasteiger partial charge >= 0.3 is 5.97 Å². The maximum absolute atomic E-state index is 12.5. The highest BCUT2D eigenvalue weighted by molar-refractivity contribution is 5.97. The molecule has 2 aliphatic heterocycles. The average molecular weight is 392 g/mol. The summed E-state index contributed by atoms with van der Waals surface area (Å²) in [7, 11) is 0. The van der Waals surface area contributed by atoms with Crippen LogP contribution < -0.4 is 4.90 Å². The molecule has 150 valence electrons. The van der Waals surface area contributed by atoms with Crippen molar-refractivity contribution in [3.8, 4) is 0 Å². The molecule has 0 aromatic heterocycles. The first-order valence-corrected chi connectivity index (χ1v) is 9.94. The van der Waals surface area contributed by atoms with E-state index in [1.807, 2.05) is 61.5 Å². The number of para-hydroxylation sites is 1. The van der Waals surface area contributed by atoms with Crippen molar-refractivity contribution in [3.63, 3.8) is 0 Å². The summed E-state index contributed by atoms with van der Waals surface area (Å²) >= 11 is 0. The molecule has 0 unspecified atom stereocenters. The summed E-state index contributed by atoms with van der Waals surface area (Å²) in [5.41, 5.74) is 3.03. The van der Waals surface area contributed by atoms with Crippen molar-refractivity contribution in [2.45, 2.75) is 25.8 Å². The first-order valence-electron chi connectivity index (χ1n) is 9.94. The second kappa shape index (κ2) is 8.07. The fourth-order valence-electron chi connectivity index (χ4n) is 4.10. The fraction of sp³-hybridized carbons (Fsp3) is 0.348. The van der Waals surface area contributed by atoms with Gasteiger partial charge in [0.25, 0.3) is 5.91 Å². The van der Waals surface area contributed by atoms with E-state index in [-0.39, 0.29) is 30.9 Å². The molecule has 6 heteroatoms. The number of nitrogens with zero attached hydrogens (tertiary/aromatic N) is 2. The second-order valence-corrected chi connectivity index (χ2v) is 7.57. The minimum Gasteiger partial charge on any atom is -0.455 e. The van der Waals surface area contributed by atoms with Gasteiger partial charge in [-0.15, -0.1) is 0 Å². The summed E-state index contributed by atoms with van der Waals surface area (Å²) in [4.78, 5) is 40.8. The molecule has 0 aliphatic carbocycles. The third-order valence-corrected chi connectivity index (χ3v) is 5.77. The predicted octanol–water partition coefficient (Wildman–Crippen LogP) is 2.73. The molecule has 6 nitrogen and oxygen atoms in total. The number of amides is 2. The summed E-state index contributed by atoms with van der Waals surface area (Å²) < 4.78 is 5.29. The third-order valence-electron chi connectivity index (χ3n) is 5.77. The van der Waals surface area contributed by atoms with Gasteiger partial charge in [-0.25, -0.2) is 0 Å². The van der Waals surface area contributed by atoms with Crippen LogP contribution in [-0.4, -0.2) is 42.4 Å². The standard InChI is InChI=1S/C23H24N2O4/c1-16(17-7-3-2-4-8-17)25-14-19(13-21(25)26)23(28)29-15-22(27)24-12-11-18-9-5-6-10-20(18)24/h2-10,16,19H,11-15H2,1H3/t16-,19+/m0/s1. The van der Waals surface area contributed by atoms with Gasteiger partial charge in [0.05, 0.1) is 12.0 Å². The van der Waals surface area contributed by atoms with Crippen LogP contribution in [0.4, 0.5) is 5.69 Å². The number of rotatable bonds is 5. The van der Waals surface area contributed by atoms with Crippen molar-refractivity contribution < 1.29 is 19.1 Å². The van der Waals surface area contributed by atoms with Crippen molar-refractivity contribution >= 4 is 23.5 Å². The van der Waals surface area contributed by atoms with E-state index in [2.05, 4.69) is 0 Å². The molecule has 2 atom stereocenters. The lowest BCUT2D eigenvalue weighted by Gasteiger charge is -2.25. The molecular weight excluding hydrogens is 368 g/mol. The van der Waals surface area contributed by atoms with E-state index in [9.17, 15) is 14.4 Å². The van der Waals surface area contributed by atoms with Crippen molar-refractivity contribution in [1.29, 1.82) is 0 Å².